The zero-order chi connectivity index (χ0) is 18.4. The molecule has 0 unspecified atom stereocenters. The van der Waals surface area contributed by atoms with Crippen LogP contribution in [0, 0.1) is 0 Å². The van der Waals surface area contributed by atoms with E-state index in [1.54, 1.807) is 6.20 Å². The number of hydrogen-bond acceptors (Lipinski definition) is 6. The Hall–Kier alpha value is -2.51. The van der Waals surface area contributed by atoms with Crippen LogP contribution in [-0.2, 0) is 13.0 Å². The predicted octanol–water partition coefficient (Wildman–Crippen LogP) is 1.88. The highest BCUT2D eigenvalue weighted by Gasteiger charge is 2.31. The summed E-state index contributed by atoms with van der Waals surface area (Å²) in [5, 5.41) is 8.84. The van der Waals surface area contributed by atoms with Gasteiger partial charge in [0.25, 0.3) is 5.91 Å². The van der Waals surface area contributed by atoms with Crippen molar-refractivity contribution in [2.75, 3.05) is 18.8 Å². The molecule has 1 amide bonds. The third-order valence-electron chi connectivity index (χ3n) is 6.05. The highest BCUT2D eigenvalue weighted by atomic mass is 16.2. The van der Waals surface area contributed by atoms with Gasteiger partial charge in [-0.05, 0) is 38.5 Å². The van der Waals surface area contributed by atoms with Gasteiger partial charge in [-0.15, -0.1) is 10.2 Å². The smallest absolute Gasteiger partial charge is 0.259 e. The summed E-state index contributed by atoms with van der Waals surface area (Å²) in [6, 6.07) is 0. The van der Waals surface area contributed by atoms with Gasteiger partial charge in [0.05, 0.1) is 0 Å². The maximum atomic E-state index is 12.9. The Labute approximate surface area is 158 Å². The Morgan fingerprint density at radius 1 is 1.04 bits per heavy atom. The molecule has 0 radical (unpaired) electrons. The normalized spacial score (nSPS) is 20.5. The van der Waals surface area contributed by atoms with Gasteiger partial charge in [-0.2, -0.15) is 0 Å². The van der Waals surface area contributed by atoms with Crippen molar-refractivity contribution in [3.63, 3.8) is 0 Å². The number of hydrogen-bond donors (Lipinski definition) is 1. The van der Waals surface area contributed by atoms with Crippen molar-refractivity contribution < 1.29 is 4.79 Å². The average molecular weight is 367 g/mol. The van der Waals surface area contributed by atoms with E-state index >= 15 is 0 Å². The summed E-state index contributed by atoms with van der Waals surface area (Å²) >= 11 is 0. The molecule has 8 nitrogen and oxygen atoms in total. The van der Waals surface area contributed by atoms with E-state index in [9.17, 15) is 4.79 Å². The van der Waals surface area contributed by atoms with Crippen LogP contribution in [0.4, 0.5) is 5.82 Å². The van der Waals surface area contributed by atoms with E-state index < -0.39 is 0 Å². The average Bonchev–Trinajstić information content (AvgIpc) is 3.47. The van der Waals surface area contributed by atoms with E-state index in [1.807, 2.05) is 4.90 Å². The fraction of sp³-hybridized carbons (Fsp3) is 0.632. The first-order chi connectivity index (χ1) is 13.2. The summed E-state index contributed by atoms with van der Waals surface area (Å²) in [7, 11) is 0. The lowest BCUT2D eigenvalue weighted by molar-refractivity contribution is 0.0710. The van der Waals surface area contributed by atoms with Gasteiger partial charge >= 0.3 is 0 Å². The van der Waals surface area contributed by atoms with Crippen LogP contribution in [0.5, 0.6) is 0 Å². The molecule has 0 aromatic carbocycles. The predicted molar refractivity (Wildman–Crippen MR) is 99.3 cm³/mol. The molecule has 1 saturated heterocycles. The van der Waals surface area contributed by atoms with E-state index in [2.05, 4.69) is 24.7 Å². The largest absolute Gasteiger partial charge is 0.383 e. The fourth-order valence-electron chi connectivity index (χ4n) is 4.26. The number of nitrogens with two attached hydrogens (primary N) is 1. The number of amides is 1. The van der Waals surface area contributed by atoms with Gasteiger partial charge < -0.3 is 15.2 Å². The minimum absolute atomic E-state index is 0.0587. The molecular formula is C19H25N7O. The quantitative estimate of drug-likeness (QED) is 0.888. The Morgan fingerprint density at radius 3 is 2.59 bits per heavy atom. The van der Waals surface area contributed by atoms with Crippen LogP contribution >= 0.6 is 0 Å². The van der Waals surface area contributed by atoms with Crippen LogP contribution in [0.2, 0.25) is 0 Å². The van der Waals surface area contributed by atoms with Gasteiger partial charge in [-0.1, -0.05) is 0 Å². The monoisotopic (exact) mass is 367 g/mol. The number of carbonyl (C=O) groups excluding carboxylic acids is 1. The maximum Gasteiger partial charge on any atom is 0.259 e. The molecule has 0 spiro atoms. The van der Waals surface area contributed by atoms with Crippen molar-refractivity contribution in [3.8, 4) is 0 Å². The zero-order valence-corrected chi connectivity index (χ0v) is 15.5. The van der Waals surface area contributed by atoms with Crippen molar-refractivity contribution in [3.05, 3.63) is 29.2 Å². The van der Waals surface area contributed by atoms with Crippen molar-refractivity contribution in [1.29, 1.82) is 0 Å². The highest BCUT2D eigenvalue weighted by Crippen LogP contribution is 2.38. The molecule has 27 heavy (non-hydrogen) atoms. The number of fused-ring (bicyclic) bond motifs is 1. The molecule has 4 heterocycles. The Balaban J connectivity index is 1.26. The minimum atomic E-state index is -0.0587. The molecule has 3 aliphatic rings. The summed E-state index contributed by atoms with van der Waals surface area (Å²) in [6.07, 6.45) is 9.09. The first kappa shape index (κ1) is 16.6. The Bertz CT molecular complexity index is 865. The third kappa shape index (κ3) is 3.07. The molecule has 2 aromatic rings. The van der Waals surface area contributed by atoms with Crippen LogP contribution in [0.15, 0.2) is 6.20 Å². The summed E-state index contributed by atoms with van der Waals surface area (Å²) < 4.78 is 2.30. The van der Waals surface area contributed by atoms with Gasteiger partial charge in [0.2, 0.25) is 0 Å². The zero-order valence-electron chi connectivity index (χ0n) is 15.5. The van der Waals surface area contributed by atoms with E-state index in [0.717, 1.165) is 56.1 Å². The second kappa shape index (κ2) is 6.58. The van der Waals surface area contributed by atoms with Crippen LogP contribution in [-0.4, -0.2) is 48.6 Å². The minimum Gasteiger partial charge on any atom is -0.383 e. The van der Waals surface area contributed by atoms with Gasteiger partial charge in [-0.25, -0.2) is 9.97 Å². The molecule has 0 bridgehead atoms. The van der Waals surface area contributed by atoms with Crippen molar-refractivity contribution in [2.45, 2.75) is 63.3 Å². The first-order valence-corrected chi connectivity index (χ1v) is 10.0. The van der Waals surface area contributed by atoms with Crippen LogP contribution < -0.4 is 5.73 Å². The molecule has 2 aliphatic heterocycles. The number of likely N-dealkylation sites (tertiary alicyclic amines) is 1. The van der Waals surface area contributed by atoms with E-state index in [-0.39, 0.29) is 5.91 Å². The van der Waals surface area contributed by atoms with Crippen LogP contribution in [0.3, 0.4) is 0 Å². The molecule has 1 aliphatic carbocycles. The van der Waals surface area contributed by atoms with Gasteiger partial charge in [0.1, 0.15) is 28.9 Å². The molecule has 2 aromatic heterocycles. The Kier molecular flexibility index (Phi) is 4.06. The third-order valence-corrected chi connectivity index (χ3v) is 6.05. The van der Waals surface area contributed by atoms with Gasteiger partial charge in [0, 0.05) is 44.1 Å². The number of piperidine rings is 1. The molecule has 2 N–H and O–H groups in total. The van der Waals surface area contributed by atoms with Crippen LogP contribution in [0.25, 0.3) is 0 Å². The summed E-state index contributed by atoms with van der Waals surface area (Å²) in [5.74, 6) is 4.06. The lowest BCUT2D eigenvalue weighted by atomic mass is 9.95. The number of nitrogen functional groups attached to an aromatic ring is 1. The number of aryl methyl sites for hydroxylation is 1. The number of nitrogens with zero attached hydrogens (tertiary/aromatic N) is 6. The lowest BCUT2D eigenvalue weighted by Gasteiger charge is -2.32. The summed E-state index contributed by atoms with van der Waals surface area (Å²) in [4.78, 5) is 23.5. The summed E-state index contributed by atoms with van der Waals surface area (Å²) in [6.45, 7) is 2.43. The molecular weight excluding hydrogens is 342 g/mol. The van der Waals surface area contributed by atoms with Crippen molar-refractivity contribution in [2.24, 2.45) is 0 Å². The molecule has 2 fully saturated rings. The standard InChI is InChI=1S/C19H25N7O/c20-16-14(11-21-17(22-16)12-4-5-12)19(27)25-9-6-13(7-10-25)18-24-23-15-3-1-2-8-26(15)18/h11-13H,1-10H2,(H2,20,21,22). The number of aromatic nitrogens is 5. The van der Waals surface area contributed by atoms with E-state index in [4.69, 9.17) is 5.73 Å². The van der Waals surface area contributed by atoms with Crippen molar-refractivity contribution in [1.82, 2.24) is 29.6 Å². The topological polar surface area (TPSA) is 103 Å². The van der Waals surface area contributed by atoms with Crippen LogP contribution in [0.1, 0.15) is 78.2 Å². The molecule has 5 rings (SSSR count). The molecule has 1 saturated carbocycles. The van der Waals surface area contributed by atoms with Gasteiger partial charge in [-0.3, -0.25) is 4.79 Å². The lowest BCUT2D eigenvalue weighted by Crippen LogP contribution is -2.39. The van der Waals surface area contributed by atoms with Gasteiger partial charge in [0.15, 0.2) is 0 Å². The van der Waals surface area contributed by atoms with E-state index in [0.29, 0.717) is 36.3 Å². The number of anilines is 1. The number of carbonyl (C=O) groups is 1. The maximum absolute atomic E-state index is 12.9. The highest BCUT2D eigenvalue weighted by molar-refractivity contribution is 5.98. The van der Waals surface area contributed by atoms with E-state index in [1.165, 1.54) is 12.8 Å². The summed E-state index contributed by atoms with van der Waals surface area (Å²) in [5.41, 5.74) is 6.48. The fourth-order valence-corrected chi connectivity index (χ4v) is 4.26. The number of rotatable bonds is 3. The molecule has 0 atom stereocenters. The van der Waals surface area contributed by atoms with Crippen molar-refractivity contribution >= 4 is 11.7 Å². The second-order valence-corrected chi connectivity index (χ2v) is 7.95. The molecule has 8 heteroatoms. The SMILES string of the molecule is Nc1nc(C2CC2)ncc1C(=O)N1CCC(c2nnc3n2CCCC3)CC1. The second-order valence-electron chi connectivity index (χ2n) is 7.95. The Morgan fingerprint density at radius 2 is 1.85 bits per heavy atom. The molecule has 142 valence electrons. The first-order valence-electron chi connectivity index (χ1n) is 10.0.